The van der Waals surface area contributed by atoms with Crippen molar-refractivity contribution in [1.82, 2.24) is 10.3 Å². The number of amides is 1. The second-order valence-corrected chi connectivity index (χ2v) is 5.77. The molecule has 0 radical (unpaired) electrons. The molecule has 0 aliphatic rings. The smallest absolute Gasteiger partial charge is 0.252 e. The minimum Gasteiger partial charge on any atom is -0.472 e. The minimum atomic E-state index is -0.0873. The molecule has 122 valence electrons. The molecule has 2 aromatic carbocycles. The van der Waals surface area contributed by atoms with Gasteiger partial charge in [-0.2, -0.15) is 0 Å². The number of nitrogens with one attached hydrogen (secondary N) is 1. The van der Waals surface area contributed by atoms with Gasteiger partial charge in [-0.15, -0.1) is 0 Å². The van der Waals surface area contributed by atoms with E-state index >= 15 is 0 Å². The number of hydrogen-bond acceptors (Lipinski definition) is 3. The lowest BCUT2D eigenvalue weighted by molar-refractivity contribution is 0.0952. The number of benzene rings is 2. The van der Waals surface area contributed by atoms with Crippen LogP contribution in [0.4, 0.5) is 0 Å². The van der Waals surface area contributed by atoms with Crippen molar-refractivity contribution in [2.24, 2.45) is 0 Å². The highest BCUT2D eigenvalue weighted by molar-refractivity contribution is 6.06. The molecule has 0 aliphatic heterocycles. The monoisotopic (exact) mass is 328 g/mol. The molecule has 0 saturated heterocycles. The van der Waals surface area contributed by atoms with Gasteiger partial charge in [0.05, 0.1) is 18.2 Å². The third-order valence-electron chi connectivity index (χ3n) is 4.13. The average molecular weight is 328 g/mol. The fourth-order valence-electron chi connectivity index (χ4n) is 2.81. The van der Waals surface area contributed by atoms with Crippen molar-refractivity contribution in [3.8, 4) is 11.3 Å². The van der Waals surface area contributed by atoms with Crippen LogP contribution in [0.25, 0.3) is 22.0 Å². The predicted molar refractivity (Wildman–Crippen MR) is 97.1 cm³/mol. The topological polar surface area (TPSA) is 55.1 Å². The van der Waals surface area contributed by atoms with Gasteiger partial charge in [0.2, 0.25) is 0 Å². The second-order valence-electron chi connectivity index (χ2n) is 5.77. The number of fused-ring (bicyclic) bond motifs is 1. The van der Waals surface area contributed by atoms with Crippen molar-refractivity contribution in [2.75, 3.05) is 0 Å². The zero-order chi connectivity index (χ0) is 17.1. The summed E-state index contributed by atoms with van der Waals surface area (Å²) in [5, 5.41) is 4.98. The molecule has 25 heavy (non-hydrogen) atoms. The zero-order valence-corrected chi connectivity index (χ0v) is 13.5. The molecule has 0 atom stereocenters. The summed E-state index contributed by atoms with van der Waals surface area (Å²) in [6, 6.07) is 19.4. The highest BCUT2D eigenvalue weighted by atomic mass is 16.3. The number of nitrogens with zero attached hydrogens (tertiary/aromatic N) is 1. The number of carbonyl (C=O) groups excluding carboxylic acids is 1. The largest absolute Gasteiger partial charge is 0.472 e. The lowest BCUT2D eigenvalue weighted by Crippen LogP contribution is -2.23. The molecule has 0 fully saturated rings. The van der Waals surface area contributed by atoms with Crippen LogP contribution in [-0.2, 0) is 6.54 Å². The Hall–Kier alpha value is -3.40. The molecule has 4 nitrogen and oxygen atoms in total. The Labute approximate surface area is 145 Å². The summed E-state index contributed by atoms with van der Waals surface area (Å²) in [5.74, 6) is -0.0873. The Balaban J connectivity index is 1.48. The Bertz CT molecular complexity index is 1000. The molecule has 0 spiro atoms. The third kappa shape index (κ3) is 3.15. The summed E-state index contributed by atoms with van der Waals surface area (Å²) in [6.07, 6.45) is 5.05. The molecule has 4 heteroatoms. The standard InChI is InChI=1S/C21H16N2O2/c24-21(19-7-3-5-16-4-1-2-6-18(16)19)23-13-15-8-9-20(22-12-15)17-10-11-25-14-17/h1-12,14H,13H2,(H,23,24). The van der Waals surface area contributed by atoms with Crippen LogP contribution >= 0.6 is 0 Å². The summed E-state index contributed by atoms with van der Waals surface area (Å²) in [4.78, 5) is 17.0. The SMILES string of the molecule is O=C(NCc1ccc(-c2ccoc2)nc1)c1cccc2ccccc12. The van der Waals surface area contributed by atoms with Crippen molar-refractivity contribution in [2.45, 2.75) is 6.54 Å². The first-order valence-electron chi connectivity index (χ1n) is 8.05. The van der Waals surface area contributed by atoms with E-state index in [0.717, 1.165) is 27.6 Å². The van der Waals surface area contributed by atoms with Crippen LogP contribution in [0.2, 0.25) is 0 Å². The van der Waals surface area contributed by atoms with Crippen LogP contribution in [0.3, 0.4) is 0 Å². The van der Waals surface area contributed by atoms with E-state index < -0.39 is 0 Å². The molecule has 1 amide bonds. The summed E-state index contributed by atoms with van der Waals surface area (Å²) >= 11 is 0. The van der Waals surface area contributed by atoms with Gasteiger partial charge >= 0.3 is 0 Å². The van der Waals surface area contributed by atoms with Crippen molar-refractivity contribution >= 4 is 16.7 Å². The molecule has 4 rings (SSSR count). The van der Waals surface area contributed by atoms with Gasteiger partial charge in [0.1, 0.15) is 0 Å². The van der Waals surface area contributed by atoms with Gasteiger partial charge in [0, 0.05) is 23.9 Å². The first kappa shape index (κ1) is 15.1. The lowest BCUT2D eigenvalue weighted by atomic mass is 10.0. The number of aromatic nitrogens is 1. The van der Waals surface area contributed by atoms with Crippen molar-refractivity contribution in [1.29, 1.82) is 0 Å². The van der Waals surface area contributed by atoms with E-state index in [1.165, 1.54) is 0 Å². The van der Waals surface area contributed by atoms with Gasteiger partial charge in [-0.1, -0.05) is 42.5 Å². The van der Waals surface area contributed by atoms with E-state index in [-0.39, 0.29) is 5.91 Å². The maximum atomic E-state index is 12.5. The van der Waals surface area contributed by atoms with Crippen LogP contribution in [0.5, 0.6) is 0 Å². The summed E-state index contributed by atoms with van der Waals surface area (Å²) in [7, 11) is 0. The van der Waals surface area contributed by atoms with E-state index in [1.54, 1.807) is 18.7 Å². The number of hydrogen-bond donors (Lipinski definition) is 1. The molecular formula is C21H16N2O2. The minimum absolute atomic E-state index is 0.0873. The van der Waals surface area contributed by atoms with Crippen molar-refractivity contribution in [3.63, 3.8) is 0 Å². The van der Waals surface area contributed by atoms with Gasteiger partial charge in [-0.3, -0.25) is 9.78 Å². The summed E-state index contributed by atoms with van der Waals surface area (Å²) in [5.41, 5.74) is 3.41. The molecule has 4 aromatic rings. The van der Waals surface area contributed by atoms with Crippen LogP contribution < -0.4 is 5.32 Å². The second kappa shape index (κ2) is 6.61. The maximum absolute atomic E-state index is 12.5. The number of furan rings is 1. The first-order valence-corrected chi connectivity index (χ1v) is 8.05. The summed E-state index contributed by atoms with van der Waals surface area (Å²) in [6.45, 7) is 0.431. The molecule has 0 aliphatic carbocycles. The van der Waals surface area contributed by atoms with E-state index in [9.17, 15) is 4.79 Å². The number of rotatable bonds is 4. The fourth-order valence-corrected chi connectivity index (χ4v) is 2.81. The Kier molecular flexibility index (Phi) is 4.01. The quantitative estimate of drug-likeness (QED) is 0.603. The average Bonchev–Trinajstić information content (AvgIpc) is 3.21. The van der Waals surface area contributed by atoms with Crippen LogP contribution in [-0.4, -0.2) is 10.9 Å². The van der Waals surface area contributed by atoms with E-state index in [4.69, 9.17) is 4.42 Å². The Morgan fingerprint density at radius 2 is 1.88 bits per heavy atom. The highest BCUT2D eigenvalue weighted by Gasteiger charge is 2.09. The van der Waals surface area contributed by atoms with Gasteiger partial charge < -0.3 is 9.73 Å². The molecule has 2 heterocycles. The maximum Gasteiger partial charge on any atom is 0.252 e. The lowest BCUT2D eigenvalue weighted by Gasteiger charge is -2.08. The Morgan fingerprint density at radius 1 is 1.00 bits per heavy atom. The van der Waals surface area contributed by atoms with E-state index in [1.807, 2.05) is 60.7 Å². The molecule has 2 aromatic heterocycles. The van der Waals surface area contributed by atoms with Gasteiger partial charge in [0.25, 0.3) is 5.91 Å². The number of carbonyl (C=O) groups is 1. The van der Waals surface area contributed by atoms with Gasteiger partial charge in [-0.25, -0.2) is 0 Å². The third-order valence-corrected chi connectivity index (χ3v) is 4.13. The fraction of sp³-hybridized carbons (Fsp3) is 0.0476. The number of pyridine rings is 1. The zero-order valence-electron chi connectivity index (χ0n) is 13.5. The van der Waals surface area contributed by atoms with Crippen LogP contribution in [0.1, 0.15) is 15.9 Å². The van der Waals surface area contributed by atoms with Crippen LogP contribution in [0.15, 0.2) is 83.8 Å². The van der Waals surface area contributed by atoms with E-state index in [0.29, 0.717) is 12.1 Å². The summed E-state index contributed by atoms with van der Waals surface area (Å²) < 4.78 is 5.07. The molecule has 0 unspecified atom stereocenters. The van der Waals surface area contributed by atoms with Crippen molar-refractivity contribution < 1.29 is 9.21 Å². The molecule has 1 N–H and O–H groups in total. The van der Waals surface area contributed by atoms with Gasteiger partial charge in [-0.05, 0) is 34.5 Å². The molecule has 0 saturated carbocycles. The normalized spacial score (nSPS) is 10.7. The first-order chi connectivity index (χ1) is 12.3. The van der Waals surface area contributed by atoms with Gasteiger partial charge in [0.15, 0.2) is 0 Å². The van der Waals surface area contributed by atoms with Crippen molar-refractivity contribution in [3.05, 3.63) is 90.5 Å². The Morgan fingerprint density at radius 3 is 2.68 bits per heavy atom. The van der Waals surface area contributed by atoms with Crippen LogP contribution in [0, 0.1) is 0 Å². The predicted octanol–water partition coefficient (Wildman–Crippen LogP) is 4.42. The molecular weight excluding hydrogens is 312 g/mol. The molecule has 0 bridgehead atoms. The van der Waals surface area contributed by atoms with E-state index in [2.05, 4.69) is 10.3 Å². The highest BCUT2D eigenvalue weighted by Crippen LogP contribution is 2.19.